The molecular weight excluding hydrogens is 310 g/mol. The number of fused-ring (bicyclic) bond motifs is 1. The first-order valence-electron chi connectivity index (χ1n) is 7.35. The van der Waals surface area contributed by atoms with Gasteiger partial charge in [0.1, 0.15) is 5.75 Å². The summed E-state index contributed by atoms with van der Waals surface area (Å²) in [6, 6.07) is 9.61. The molecule has 5 nitrogen and oxygen atoms in total. The van der Waals surface area contributed by atoms with Gasteiger partial charge in [0.2, 0.25) is 0 Å². The number of nitrogens with zero attached hydrogens (tertiary/aromatic N) is 3. The molecule has 0 N–H and O–H groups in total. The van der Waals surface area contributed by atoms with Gasteiger partial charge in [0.25, 0.3) is 5.56 Å². The maximum atomic E-state index is 12.1. The van der Waals surface area contributed by atoms with Crippen LogP contribution in [0.2, 0.25) is 0 Å². The molecule has 0 aliphatic heterocycles. The summed E-state index contributed by atoms with van der Waals surface area (Å²) < 4.78 is 6.77. The summed E-state index contributed by atoms with van der Waals surface area (Å²) in [7, 11) is 3.68. The van der Waals surface area contributed by atoms with Gasteiger partial charge in [-0.1, -0.05) is 12.1 Å². The largest absolute Gasteiger partial charge is 0.497 e. The first-order chi connectivity index (χ1) is 11.0. The smallest absolute Gasteiger partial charge is 0.258 e. The van der Waals surface area contributed by atoms with Crippen LogP contribution >= 0.6 is 11.3 Å². The van der Waals surface area contributed by atoms with Gasteiger partial charge in [0, 0.05) is 30.2 Å². The van der Waals surface area contributed by atoms with E-state index in [9.17, 15) is 4.79 Å². The Morgan fingerprint density at radius 2 is 2.00 bits per heavy atom. The number of thiazole rings is 1. The van der Waals surface area contributed by atoms with E-state index in [0.717, 1.165) is 27.8 Å². The minimum atomic E-state index is -0.0211. The van der Waals surface area contributed by atoms with Crippen LogP contribution in [0, 0.1) is 6.92 Å². The van der Waals surface area contributed by atoms with Crippen LogP contribution < -0.4 is 10.3 Å². The van der Waals surface area contributed by atoms with E-state index in [1.54, 1.807) is 17.6 Å². The highest BCUT2D eigenvalue weighted by atomic mass is 32.1. The van der Waals surface area contributed by atoms with E-state index in [2.05, 4.69) is 9.88 Å². The Hall–Kier alpha value is -2.18. The Morgan fingerprint density at radius 1 is 1.26 bits per heavy atom. The van der Waals surface area contributed by atoms with Crippen LogP contribution in [0.15, 0.2) is 41.3 Å². The molecule has 120 valence electrons. The van der Waals surface area contributed by atoms with Gasteiger partial charge < -0.3 is 4.74 Å². The van der Waals surface area contributed by atoms with E-state index in [1.165, 1.54) is 16.9 Å². The summed E-state index contributed by atoms with van der Waals surface area (Å²) in [6.07, 6.45) is 1.83. The Labute approximate surface area is 138 Å². The van der Waals surface area contributed by atoms with Gasteiger partial charge in [-0.25, -0.2) is 4.98 Å². The van der Waals surface area contributed by atoms with E-state index in [-0.39, 0.29) is 5.56 Å². The Morgan fingerprint density at radius 3 is 2.70 bits per heavy atom. The maximum Gasteiger partial charge on any atom is 0.258 e. The summed E-state index contributed by atoms with van der Waals surface area (Å²) in [5, 5.41) is 0. The van der Waals surface area contributed by atoms with Crippen LogP contribution in [-0.4, -0.2) is 28.4 Å². The predicted octanol–water partition coefficient (Wildman–Crippen LogP) is 2.71. The van der Waals surface area contributed by atoms with E-state index in [4.69, 9.17) is 4.74 Å². The molecule has 0 saturated carbocycles. The fourth-order valence-corrected chi connectivity index (χ4v) is 3.36. The van der Waals surface area contributed by atoms with Gasteiger partial charge in [0.15, 0.2) is 4.96 Å². The van der Waals surface area contributed by atoms with Gasteiger partial charge in [0.05, 0.1) is 12.8 Å². The molecule has 0 aliphatic carbocycles. The van der Waals surface area contributed by atoms with Gasteiger partial charge in [-0.2, -0.15) is 0 Å². The summed E-state index contributed by atoms with van der Waals surface area (Å²) in [5.74, 6) is 0.851. The van der Waals surface area contributed by atoms with E-state index in [1.807, 2.05) is 44.4 Å². The fraction of sp³-hybridized carbons (Fsp3) is 0.294. The van der Waals surface area contributed by atoms with Crippen molar-refractivity contribution >= 4 is 16.3 Å². The molecule has 6 heteroatoms. The van der Waals surface area contributed by atoms with E-state index >= 15 is 0 Å². The number of methoxy groups -OCH3 is 1. The molecule has 0 amide bonds. The van der Waals surface area contributed by atoms with Crippen molar-refractivity contribution in [1.82, 2.24) is 14.3 Å². The lowest BCUT2D eigenvalue weighted by molar-refractivity contribution is 0.315. The average Bonchev–Trinajstić information content (AvgIpc) is 2.89. The third-order valence-electron chi connectivity index (χ3n) is 3.58. The third kappa shape index (κ3) is 3.60. The highest BCUT2D eigenvalue weighted by Gasteiger charge is 2.08. The van der Waals surface area contributed by atoms with Crippen LogP contribution in [0.4, 0.5) is 0 Å². The summed E-state index contributed by atoms with van der Waals surface area (Å²) >= 11 is 1.54. The number of aromatic nitrogens is 2. The number of rotatable bonds is 5. The molecule has 0 unspecified atom stereocenters. The average molecular weight is 329 g/mol. The van der Waals surface area contributed by atoms with Crippen molar-refractivity contribution in [3.05, 3.63) is 63.0 Å². The summed E-state index contributed by atoms with van der Waals surface area (Å²) in [5.41, 5.74) is 1.97. The van der Waals surface area contributed by atoms with Crippen molar-refractivity contribution in [3.63, 3.8) is 0 Å². The van der Waals surface area contributed by atoms with Crippen molar-refractivity contribution in [2.45, 2.75) is 20.0 Å². The van der Waals surface area contributed by atoms with E-state index < -0.39 is 0 Å². The van der Waals surface area contributed by atoms with Crippen LogP contribution in [-0.2, 0) is 13.1 Å². The monoisotopic (exact) mass is 329 g/mol. The highest BCUT2D eigenvalue weighted by Crippen LogP contribution is 2.15. The molecule has 3 rings (SSSR count). The Bertz CT molecular complexity index is 868. The zero-order valence-corrected chi connectivity index (χ0v) is 14.3. The zero-order chi connectivity index (χ0) is 16.4. The molecule has 3 aromatic rings. The quantitative estimate of drug-likeness (QED) is 0.722. The lowest BCUT2D eigenvalue weighted by Gasteiger charge is -2.16. The summed E-state index contributed by atoms with van der Waals surface area (Å²) in [4.78, 5) is 20.7. The predicted molar refractivity (Wildman–Crippen MR) is 92.2 cm³/mol. The number of ether oxygens (including phenoxy) is 1. The number of aryl methyl sites for hydroxylation is 1. The second-order valence-corrected chi connectivity index (χ2v) is 6.81. The van der Waals surface area contributed by atoms with Crippen molar-refractivity contribution in [2.75, 3.05) is 14.2 Å². The molecule has 2 aromatic heterocycles. The third-order valence-corrected chi connectivity index (χ3v) is 4.48. The zero-order valence-electron chi connectivity index (χ0n) is 13.4. The molecule has 0 spiro atoms. The van der Waals surface area contributed by atoms with Gasteiger partial charge >= 0.3 is 0 Å². The lowest BCUT2D eigenvalue weighted by atomic mass is 10.2. The fourth-order valence-electron chi connectivity index (χ4n) is 2.51. The van der Waals surface area contributed by atoms with Crippen molar-refractivity contribution in [3.8, 4) is 5.75 Å². The molecule has 0 fully saturated rings. The van der Waals surface area contributed by atoms with Crippen LogP contribution in [0.25, 0.3) is 4.96 Å². The first kappa shape index (κ1) is 15.7. The molecule has 23 heavy (non-hydrogen) atoms. The highest BCUT2D eigenvalue weighted by molar-refractivity contribution is 7.16. The number of benzene rings is 1. The maximum absolute atomic E-state index is 12.1. The molecular formula is C17H19N3O2S. The van der Waals surface area contributed by atoms with Gasteiger partial charge in [-0.15, -0.1) is 11.3 Å². The molecule has 2 heterocycles. The molecule has 1 aromatic carbocycles. The van der Waals surface area contributed by atoms with Crippen molar-refractivity contribution in [1.29, 1.82) is 0 Å². The molecule has 0 aliphatic rings. The van der Waals surface area contributed by atoms with Crippen molar-refractivity contribution in [2.24, 2.45) is 0 Å². The molecule has 0 saturated heterocycles. The minimum Gasteiger partial charge on any atom is -0.497 e. The standard InChI is InChI=1S/C17H19N3O2S/c1-12-9-20-16(21)8-14(18-17(20)23-12)11-19(2)10-13-4-6-15(22-3)7-5-13/h4-9H,10-11H2,1-3H3. The van der Waals surface area contributed by atoms with Gasteiger partial charge in [-0.05, 0) is 31.7 Å². The van der Waals surface area contributed by atoms with Crippen LogP contribution in [0.3, 0.4) is 0 Å². The number of hydrogen-bond donors (Lipinski definition) is 0. The second-order valence-electron chi connectivity index (χ2n) is 5.60. The first-order valence-corrected chi connectivity index (χ1v) is 8.17. The SMILES string of the molecule is COc1ccc(CN(C)Cc2cc(=O)n3cc(C)sc3n2)cc1. The minimum absolute atomic E-state index is 0.0211. The topological polar surface area (TPSA) is 46.8 Å². The molecule has 0 atom stereocenters. The number of hydrogen-bond acceptors (Lipinski definition) is 5. The van der Waals surface area contributed by atoms with Crippen LogP contribution in [0.5, 0.6) is 5.75 Å². The Kier molecular flexibility index (Phi) is 4.45. The lowest BCUT2D eigenvalue weighted by Crippen LogP contribution is -2.21. The van der Waals surface area contributed by atoms with Crippen LogP contribution in [0.1, 0.15) is 16.1 Å². The summed E-state index contributed by atoms with van der Waals surface area (Å²) in [6.45, 7) is 3.40. The van der Waals surface area contributed by atoms with E-state index in [0.29, 0.717) is 6.54 Å². The molecule has 0 radical (unpaired) electrons. The Balaban J connectivity index is 1.74. The second kappa shape index (κ2) is 6.52. The van der Waals surface area contributed by atoms with Gasteiger partial charge in [-0.3, -0.25) is 14.1 Å². The van der Waals surface area contributed by atoms with Crippen molar-refractivity contribution < 1.29 is 4.74 Å². The normalized spacial score (nSPS) is 11.3. The molecule has 0 bridgehead atoms.